The molecule has 2 rings (SSSR count). The van der Waals surface area contributed by atoms with Crippen molar-refractivity contribution in [1.82, 2.24) is 4.98 Å². The maximum absolute atomic E-state index is 13.0. The zero-order chi connectivity index (χ0) is 14.5. The van der Waals surface area contributed by atoms with Crippen LogP contribution in [0.25, 0.3) is 0 Å². The third-order valence-corrected chi connectivity index (χ3v) is 2.67. The number of rotatable bonds is 4. The highest BCUT2D eigenvalue weighted by atomic mass is 19.1. The Balaban J connectivity index is 2.23. The third kappa shape index (κ3) is 3.32. The minimum atomic E-state index is -0.688. The maximum atomic E-state index is 13.0. The molecule has 1 aromatic heterocycles. The number of carbonyl (C=O) groups excluding carboxylic acids is 1. The van der Waals surface area contributed by atoms with Gasteiger partial charge in [-0.1, -0.05) is 6.07 Å². The summed E-state index contributed by atoms with van der Waals surface area (Å²) in [5.41, 5.74) is 1.79. The van der Waals surface area contributed by atoms with Crippen LogP contribution in [0.2, 0.25) is 0 Å². The van der Waals surface area contributed by atoms with Crippen LogP contribution in [-0.4, -0.2) is 17.5 Å². The van der Waals surface area contributed by atoms with E-state index in [1.54, 1.807) is 6.07 Å². The van der Waals surface area contributed by atoms with Crippen LogP contribution in [0.4, 0.5) is 10.1 Å². The molecule has 0 spiro atoms. The number of aryl methyl sites for hydroxylation is 1. The van der Waals surface area contributed by atoms with Crippen molar-refractivity contribution < 1.29 is 13.9 Å². The Morgan fingerprint density at radius 3 is 2.85 bits per heavy atom. The summed E-state index contributed by atoms with van der Waals surface area (Å²) < 4.78 is 18.5. The Bertz CT molecular complexity index is 629. The van der Waals surface area contributed by atoms with E-state index in [2.05, 4.69) is 10.3 Å². The second kappa shape index (κ2) is 6.14. The average Bonchev–Trinajstić information content (AvgIpc) is 2.42. The first kappa shape index (κ1) is 14.0. The van der Waals surface area contributed by atoms with Gasteiger partial charge in [0, 0.05) is 17.8 Å². The highest BCUT2D eigenvalue weighted by Crippen LogP contribution is 2.26. The number of halogens is 1. The van der Waals surface area contributed by atoms with Crippen LogP contribution in [0.5, 0.6) is 5.75 Å². The van der Waals surface area contributed by atoms with Crippen LogP contribution in [0, 0.1) is 12.9 Å². The van der Waals surface area contributed by atoms with E-state index in [1.807, 2.05) is 26.0 Å². The molecule has 1 aromatic carbocycles. The standard InChI is InChI=1S/C15H15FN2O2/c1-3-20-13-8-10(2)4-5-12(13)18-15(19)11-6-7-17-14(16)9-11/h4-9H,3H2,1-2H3,(H,18,19). The lowest BCUT2D eigenvalue weighted by Crippen LogP contribution is -2.13. The molecule has 0 bridgehead atoms. The van der Waals surface area contributed by atoms with E-state index >= 15 is 0 Å². The molecule has 0 atom stereocenters. The normalized spacial score (nSPS) is 10.2. The fraction of sp³-hybridized carbons (Fsp3) is 0.200. The summed E-state index contributed by atoms with van der Waals surface area (Å²) in [6, 6.07) is 8.00. The number of hydrogen-bond acceptors (Lipinski definition) is 3. The van der Waals surface area contributed by atoms with Gasteiger partial charge in [-0.3, -0.25) is 4.79 Å². The molecule has 4 nitrogen and oxygen atoms in total. The van der Waals surface area contributed by atoms with E-state index in [0.717, 1.165) is 11.6 Å². The molecule has 1 amide bonds. The number of hydrogen-bond donors (Lipinski definition) is 1. The summed E-state index contributed by atoms with van der Waals surface area (Å²) >= 11 is 0. The minimum absolute atomic E-state index is 0.209. The summed E-state index contributed by atoms with van der Waals surface area (Å²) in [5, 5.41) is 2.71. The topological polar surface area (TPSA) is 51.2 Å². The lowest BCUT2D eigenvalue weighted by molar-refractivity contribution is 0.102. The Morgan fingerprint density at radius 1 is 1.35 bits per heavy atom. The van der Waals surface area contributed by atoms with Crippen molar-refractivity contribution >= 4 is 11.6 Å². The smallest absolute Gasteiger partial charge is 0.255 e. The Labute approximate surface area is 116 Å². The molecule has 0 radical (unpaired) electrons. The fourth-order valence-corrected chi connectivity index (χ4v) is 1.75. The van der Waals surface area contributed by atoms with E-state index in [9.17, 15) is 9.18 Å². The van der Waals surface area contributed by atoms with E-state index in [-0.39, 0.29) is 5.56 Å². The van der Waals surface area contributed by atoms with Crippen LogP contribution in [-0.2, 0) is 0 Å². The van der Waals surface area contributed by atoms with Crippen molar-refractivity contribution in [2.75, 3.05) is 11.9 Å². The summed E-state index contributed by atoms with van der Waals surface area (Å²) in [6.45, 7) is 4.30. The number of nitrogens with one attached hydrogen (secondary N) is 1. The summed E-state index contributed by atoms with van der Waals surface area (Å²) in [4.78, 5) is 15.5. The van der Waals surface area contributed by atoms with Gasteiger partial charge in [0.05, 0.1) is 12.3 Å². The lowest BCUT2D eigenvalue weighted by Gasteiger charge is -2.12. The molecule has 20 heavy (non-hydrogen) atoms. The Hall–Kier alpha value is -2.43. The molecule has 0 saturated heterocycles. The quantitative estimate of drug-likeness (QED) is 0.871. The van der Waals surface area contributed by atoms with Gasteiger partial charge in [0.1, 0.15) is 5.75 Å². The summed E-state index contributed by atoms with van der Waals surface area (Å²) in [6.07, 6.45) is 1.25. The molecule has 0 fully saturated rings. The number of nitrogens with zero attached hydrogens (tertiary/aromatic N) is 1. The van der Waals surface area contributed by atoms with Gasteiger partial charge in [0.2, 0.25) is 5.95 Å². The monoisotopic (exact) mass is 274 g/mol. The van der Waals surface area contributed by atoms with Gasteiger partial charge in [0.15, 0.2) is 0 Å². The number of anilines is 1. The van der Waals surface area contributed by atoms with Crippen molar-refractivity contribution in [3.63, 3.8) is 0 Å². The summed E-state index contributed by atoms with van der Waals surface area (Å²) in [5.74, 6) is -0.502. The predicted octanol–water partition coefficient (Wildman–Crippen LogP) is 3.18. The van der Waals surface area contributed by atoms with Gasteiger partial charge in [-0.2, -0.15) is 4.39 Å². The first-order valence-electron chi connectivity index (χ1n) is 6.26. The molecule has 1 heterocycles. The molecular formula is C15H15FN2O2. The van der Waals surface area contributed by atoms with Crippen LogP contribution in [0.15, 0.2) is 36.5 Å². The zero-order valence-corrected chi connectivity index (χ0v) is 11.3. The molecule has 0 saturated carbocycles. The first-order valence-corrected chi connectivity index (χ1v) is 6.26. The number of benzene rings is 1. The first-order chi connectivity index (χ1) is 9.60. The van der Waals surface area contributed by atoms with E-state index < -0.39 is 11.9 Å². The van der Waals surface area contributed by atoms with Gasteiger partial charge in [-0.15, -0.1) is 0 Å². The molecule has 0 aliphatic carbocycles. The molecule has 0 aliphatic rings. The molecule has 0 unspecified atom stereocenters. The number of pyridine rings is 1. The molecular weight excluding hydrogens is 259 g/mol. The fourth-order valence-electron chi connectivity index (χ4n) is 1.75. The number of amides is 1. The van der Waals surface area contributed by atoms with Crippen LogP contribution in [0.3, 0.4) is 0 Å². The predicted molar refractivity (Wildman–Crippen MR) is 74.5 cm³/mol. The summed E-state index contributed by atoms with van der Waals surface area (Å²) in [7, 11) is 0. The second-order valence-corrected chi connectivity index (χ2v) is 4.25. The van der Waals surface area contributed by atoms with Crippen LogP contribution >= 0.6 is 0 Å². The van der Waals surface area contributed by atoms with Gasteiger partial charge in [0.25, 0.3) is 5.91 Å². The molecule has 104 valence electrons. The molecule has 0 aliphatic heterocycles. The Kier molecular flexibility index (Phi) is 4.30. The van der Waals surface area contributed by atoms with Gasteiger partial charge < -0.3 is 10.1 Å². The van der Waals surface area contributed by atoms with Crippen molar-refractivity contribution in [3.8, 4) is 5.75 Å². The van der Waals surface area contributed by atoms with Crippen LogP contribution < -0.4 is 10.1 Å². The van der Waals surface area contributed by atoms with Crippen molar-refractivity contribution in [1.29, 1.82) is 0 Å². The second-order valence-electron chi connectivity index (χ2n) is 4.25. The van der Waals surface area contributed by atoms with Crippen molar-refractivity contribution in [2.24, 2.45) is 0 Å². The highest BCUT2D eigenvalue weighted by Gasteiger charge is 2.11. The highest BCUT2D eigenvalue weighted by molar-refractivity contribution is 6.04. The Morgan fingerprint density at radius 2 is 2.15 bits per heavy atom. The van der Waals surface area contributed by atoms with Gasteiger partial charge in [-0.25, -0.2) is 4.98 Å². The zero-order valence-electron chi connectivity index (χ0n) is 11.3. The number of carbonyl (C=O) groups is 1. The van der Waals surface area contributed by atoms with Crippen molar-refractivity contribution in [3.05, 3.63) is 53.6 Å². The molecule has 1 N–H and O–H groups in total. The van der Waals surface area contributed by atoms with Gasteiger partial charge in [-0.05, 0) is 37.6 Å². The molecule has 5 heteroatoms. The SMILES string of the molecule is CCOc1cc(C)ccc1NC(=O)c1ccnc(F)c1. The van der Waals surface area contributed by atoms with Crippen molar-refractivity contribution in [2.45, 2.75) is 13.8 Å². The maximum Gasteiger partial charge on any atom is 0.255 e. The largest absolute Gasteiger partial charge is 0.492 e. The van der Waals surface area contributed by atoms with E-state index in [4.69, 9.17) is 4.74 Å². The minimum Gasteiger partial charge on any atom is -0.492 e. The number of ether oxygens (including phenoxy) is 1. The third-order valence-electron chi connectivity index (χ3n) is 2.67. The van der Waals surface area contributed by atoms with E-state index in [1.165, 1.54) is 12.3 Å². The van der Waals surface area contributed by atoms with Gasteiger partial charge >= 0.3 is 0 Å². The number of aromatic nitrogens is 1. The van der Waals surface area contributed by atoms with E-state index in [0.29, 0.717) is 18.0 Å². The molecule has 2 aromatic rings. The lowest BCUT2D eigenvalue weighted by atomic mass is 10.2. The average molecular weight is 274 g/mol. The van der Waals surface area contributed by atoms with Crippen LogP contribution in [0.1, 0.15) is 22.8 Å².